The molecule has 30 heavy (non-hydrogen) atoms. The standard InChI is InChI=1S/C22H20ClN5O2/c1-13-7-8-19(14(2)9-13)25-20(29)12-27-22(30)21-18(15(3)26-27)11-24-28(21)17-6-4-5-16(23)10-17/h4-11H,12H2,1-3H3,(H,25,29). The van der Waals surface area contributed by atoms with Gasteiger partial charge in [-0.2, -0.15) is 10.2 Å². The average Bonchev–Trinajstić information content (AvgIpc) is 3.14. The van der Waals surface area contributed by atoms with Crippen LogP contribution in [0.2, 0.25) is 5.02 Å². The van der Waals surface area contributed by atoms with E-state index < -0.39 is 5.56 Å². The van der Waals surface area contributed by atoms with E-state index in [9.17, 15) is 9.59 Å². The molecule has 152 valence electrons. The molecule has 0 spiro atoms. The van der Waals surface area contributed by atoms with E-state index in [0.717, 1.165) is 11.1 Å². The van der Waals surface area contributed by atoms with Gasteiger partial charge in [0.2, 0.25) is 5.91 Å². The van der Waals surface area contributed by atoms with Crippen LogP contribution < -0.4 is 10.9 Å². The molecule has 0 aliphatic rings. The van der Waals surface area contributed by atoms with Crippen LogP contribution in [0.1, 0.15) is 16.8 Å². The average molecular weight is 422 g/mol. The van der Waals surface area contributed by atoms with Crippen LogP contribution in [0.25, 0.3) is 16.6 Å². The maximum Gasteiger partial charge on any atom is 0.293 e. The van der Waals surface area contributed by atoms with Gasteiger partial charge in [0.05, 0.1) is 17.6 Å². The number of nitrogens with one attached hydrogen (secondary N) is 1. The molecule has 2 aromatic heterocycles. The fourth-order valence-electron chi connectivity index (χ4n) is 3.41. The second kappa shape index (κ2) is 7.76. The van der Waals surface area contributed by atoms with Crippen molar-refractivity contribution < 1.29 is 4.79 Å². The molecule has 8 heteroatoms. The number of carbonyl (C=O) groups excluding carboxylic acids is 1. The number of carbonyl (C=O) groups is 1. The van der Waals surface area contributed by atoms with Crippen LogP contribution >= 0.6 is 11.6 Å². The number of amides is 1. The van der Waals surface area contributed by atoms with E-state index in [1.807, 2.05) is 38.1 Å². The van der Waals surface area contributed by atoms with Gasteiger partial charge in [-0.3, -0.25) is 9.59 Å². The number of hydrogen-bond donors (Lipinski definition) is 1. The highest BCUT2D eigenvalue weighted by molar-refractivity contribution is 6.30. The number of rotatable bonds is 4. The third kappa shape index (κ3) is 3.71. The van der Waals surface area contributed by atoms with Gasteiger partial charge in [0, 0.05) is 16.1 Å². The van der Waals surface area contributed by atoms with Crippen molar-refractivity contribution in [2.45, 2.75) is 27.3 Å². The Hall–Kier alpha value is -3.45. The van der Waals surface area contributed by atoms with Gasteiger partial charge in [-0.25, -0.2) is 9.36 Å². The first-order valence-corrected chi connectivity index (χ1v) is 9.80. The van der Waals surface area contributed by atoms with Crippen molar-refractivity contribution in [3.05, 3.63) is 80.9 Å². The lowest BCUT2D eigenvalue weighted by Crippen LogP contribution is -2.31. The molecule has 0 saturated heterocycles. The van der Waals surface area contributed by atoms with E-state index in [0.29, 0.717) is 33.0 Å². The topological polar surface area (TPSA) is 81.8 Å². The van der Waals surface area contributed by atoms with Crippen LogP contribution in [0.4, 0.5) is 5.69 Å². The van der Waals surface area contributed by atoms with Crippen LogP contribution in [0, 0.1) is 20.8 Å². The first-order chi connectivity index (χ1) is 14.3. The maximum absolute atomic E-state index is 13.1. The Bertz CT molecular complexity index is 1340. The molecule has 0 radical (unpaired) electrons. The zero-order valence-corrected chi connectivity index (χ0v) is 17.6. The molecule has 0 bridgehead atoms. The van der Waals surface area contributed by atoms with Gasteiger partial charge < -0.3 is 5.32 Å². The number of aromatic nitrogens is 4. The van der Waals surface area contributed by atoms with Gasteiger partial charge in [0.1, 0.15) is 12.1 Å². The molecular formula is C22H20ClN5O2. The molecule has 1 N–H and O–H groups in total. The lowest BCUT2D eigenvalue weighted by atomic mass is 10.1. The monoisotopic (exact) mass is 421 g/mol. The molecule has 0 saturated carbocycles. The lowest BCUT2D eigenvalue weighted by molar-refractivity contribution is -0.117. The minimum atomic E-state index is -0.399. The Morgan fingerprint density at radius 3 is 2.67 bits per heavy atom. The van der Waals surface area contributed by atoms with Gasteiger partial charge in [0.25, 0.3) is 5.56 Å². The van der Waals surface area contributed by atoms with E-state index in [4.69, 9.17) is 11.6 Å². The smallest absolute Gasteiger partial charge is 0.293 e. The summed E-state index contributed by atoms with van der Waals surface area (Å²) in [7, 11) is 0. The number of anilines is 1. The summed E-state index contributed by atoms with van der Waals surface area (Å²) < 4.78 is 2.69. The summed E-state index contributed by atoms with van der Waals surface area (Å²) in [5.74, 6) is -0.330. The van der Waals surface area contributed by atoms with Crippen LogP contribution in [0.3, 0.4) is 0 Å². The Morgan fingerprint density at radius 2 is 1.93 bits per heavy atom. The highest BCUT2D eigenvalue weighted by Gasteiger charge is 2.17. The molecule has 0 fully saturated rings. The summed E-state index contributed by atoms with van der Waals surface area (Å²) in [6.45, 7) is 5.49. The van der Waals surface area contributed by atoms with Crippen molar-refractivity contribution in [1.82, 2.24) is 19.6 Å². The van der Waals surface area contributed by atoms with E-state index >= 15 is 0 Å². The normalized spacial score (nSPS) is 11.1. The quantitative estimate of drug-likeness (QED) is 0.543. The summed E-state index contributed by atoms with van der Waals surface area (Å²) in [5.41, 5.74) is 3.99. The number of fused-ring (bicyclic) bond motifs is 1. The predicted octanol–water partition coefficient (Wildman–Crippen LogP) is 3.80. The third-order valence-corrected chi connectivity index (χ3v) is 5.10. The molecule has 0 unspecified atom stereocenters. The highest BCUT2D eigenvalue weighted by Crippen LogP contribution is 2.20. The van der Waals surface area contributed by atoms with Crippen molar-refractivity contribution in [3.8, 4) is 5.69 Å². The van der Waals surface area contributed by atoms with Gasteiger partial charge in [-0.05, 0) is 50.6 Å². The summed E-state index contributed by atoms with van der Waals surface area (Å²) in [5, 5.41) is 12.7. The van der Waals surface area contributed by atoms with Crippen molar-refractivity contribution >= 4 is 34.1 Å². The van der Waals surface area contributed by atoms with E-state index in [1.165, 1.54) is 9.36 Å². The largest absolute Gasteiger partial charge is 0.324 e. The zero-order valence-electron chi connectivity index (χ0n) is 16.8. The molecule has 7 nitrogen and oxygen atoms in total. The Labute approximate surface area is 177 Å². The molecule has 4 rings (SSSR count). The van der Waals surface area contributed by atoms with Crippen molar-refractivity contribution in [2.75, 3.05) is 5.32 Å². The van der Waals surface area contributed by atoms with Crippen LogP contribution in [0.15, 0.2) is 53.5 Å². The minimum absolute atomic E-state index is 0.205. The minimum Gasteiger partial charge on any atom is -0.324 e. The molecule has 0 aliphatic heterocycles. The molecule has 2 aromatic carbocycles. The zero-order chi connectivity index (χ0) is 21.4. The second-order valence-electron chi connectivity index (χ2n) is 7.21. The summed E-state index contributed by atoms with van der Waals surface area (Å²) in [4.78, 5) is 25.8. The summed E-state index contributed by atoms with van der Waals surface area (Å²) in [6.07, 6.45) is 1.60. The Morgan fingerprint density at radius 1 is 1.13 bits per heavy atom. The van der Waals surface area contributed by atoms with Gasteiger partial charge >= 0.3 is 0 Å². The Balaban J connectivity index is 1.71. The van der Waals surface area contributed by atoms with E-state index in [2.05, 4.69) is 15.5 Å². The van der Waals surface area contributed by atoms with Gasteiger partial charge in [-0.1, -0.05) is 35.4 Å². The number of halogens is 1. The van der Waals surface area contributed by atoms with Crippen molar-refractivity contribution in [1.29, 1.82) is 0 Å². The molecular weight excluding hydrogens is 402 g/mol. The maximum atomic E-state index is 13.1. The van der Waals surface area contributed by atoms with E-state index in [-0.39, 0.29) is 12.5 Å². The molecule has 4 aromatic rings. The fourth-order valence-corrected chi connectivity index (χ4v) is 3.60. The third-order valence-electron chi connectivity index (χ3n) is 4.87. The highest BCUT2D eigenvalue weighted by atomic mass is 35.5. The van der Waals surface area contributed by atoms with Gasteiger partial charge in [0.15, 0.2) is 0 Å². The first-order valence-electron chi connectivity index (χ1n) is 9.42. The number of benzene rings is 2. The van der Waals surface area contributed by atoms with Crippen LogP contribution in [0.5, 0.6) is 0 Å². The molecule has 0 aliphatic carbocycles. The van der Waals surface area contributed by atoms with Crippen molar-refractivity contribution in [3.63, 3.8) is 0 Å². The molecule has 0 atom stereocenters. The van der Waals surface area contributed by atoms with Gasteiger partial charge in [-0.15, -0.1) is 0 Å². The van der Waals surface area contributed by atoms with E-state index in [1.54, 1.807) is 31.3 Å². The fraction of sp³-hybridized carbons (Fsp3) is 0.182. The number of hydrogen-bond acceptors (Lipinski definition) is 4. The van der Waals surface area contributed by atoms with Crippen LogP contribution in [-0.2, 0) is 11.3 Å². The second-order valence-corrected chi connectivity index (χ2v) is 7.65. The number of aryl methyl sites for hydroxylation is 3. The lowest BCUT2D eigenvalue weighted by Gasteiger charge is -2.11. The SMILES string of the molecule is Cc1ccc(NC(=O)Cn2nc(C)c3cnn(-c4cccc(Cl)c4)c3c2=O)c(C)c1. The first kappa shape index (κ1) is 19.8. The van der Waals surface area contributed by atoms with Crippen LogP contribution in [-0.4, -0.2) is 25.5 Å². The van der Waals surface area contributed by atoms with Crippen molar-refractivity contribution in [2.24, 2.45) is 0 Å². The molecule has 2 heterocycles. The predicted molar refractivity (Wildman–Crippen MR) is 117 cm³/mol. The summed E-state index contributed by atoms with van der Waals surface area (Å²) >= 11 is 6.09. The Kier molecular flexibility index (Phi) is 5.13. The summed E-state index contributed by atoms with van der Waals surface area (Å²) in [6, 6.07) is 12.8. The molecule has 1 amide bonds. The number of nitrogens with zero attached hydrogens (tertiary/aromatic N) is 4.